The number of aromatic nitrogens is 1. The van der Waals surface area contributed by atoms with Gasteiger partial charge in [0.1, 0.15) is 17.3 Å². The Bertz CT molecular complexity index is 842. The molecule has 0 radical (unpaired) electrons. The molecule has 0 saturated heterocycles. The average Bonchev–Trinajstić information content (AvgIpc) is 2.47. The van der Waals surface area contributed by atoms with Gasteiger partial charge in [0.25, 0.3) is 0 Å². The lowest BCUT2D eigenvalue weighted by Gasteiger charge is -2.07. The third-order valence-corrected chi connectivity index (χ3v) is 3.17. The molecule has 0 aliphatic carbocycles. The van der Waals surface area contributed by atoms with Gasteiger partial charge in [-0.15, -0.1) is 0 Å². The number of nitrogen functional groups attached to an aromatic ring is 1. The maximum atomic E-state index is 13.7. The maximum Gasteiger partial charge on any atom is 0.217 e. The third kappa shape index (κ3) is 2.23. The fourth-order valence-electron chi connectivity index (χ4n) is 2.16. The molecule has 21 heavy (non-hydrogen) atoms. The van der Waals surface area contributed by atoms with Crippen molar-refractivity contribution >= 4 is 22.4 Å². The van der Waals surface area contributed by atoms with Gasteiger partial charge in [0.05, 0.1) is 11.1 Å². The molecule has 0 amide bonds. The Hall–Kier alpha value is -2.82. The van der Waals surface area contributed by atoms with E-state index in [-0.39, 0.29) is 5.69 Å². The summed E-state index contributed by atoms with van der Waals surface area (Å²) in [5, 5.41) is 0.683. The number of rotatable bonds is 2. The zero-order valence-electron chi connectivity index (χ0n) is 10.8. The summed E-state index contributed by atoms with van der Waals surface area (Å²) < 4.78 is 27.4. The standard InChI is InChI=1S/C16H10F2N2O/c17-10-5-3-6-11(18)15(10)16(21)14-8-12(19)9-4-1-2-7-13(9)20-14/h1-8H,(H2,19,20). The van der Waals surface area contributed by atoms with Crippen LogP contribution < -0.4 is 5.73 Å². The predicted octanol–water partition coefficient (Wildman–Crippen LogP) is 3.33. The van der Waals surface area contributed by atoms with E-state index < -0.39 is 23.0 Å². The van der Waals surface area contributed by atoms with Crippen LogP contribution in [0.5, 0.6) is 0 Å². The lowest BCUT2D eigenvalue weighted by atomic mass is 10.0. The van der Waals surface area contributed by atoms with Crippen molar-refractivity contribution in [3.05, 3.63) is 71.4 Å². The highest BCUT2D eigenvalue weighted by atomic mass is 19.1. The molecule has 3 aromatic rings. The molecule has 104 valence electrons. The van der Waals surface area contributed by atoms with Gasteiger partial charge >= 0.3 is 0 Å². The second-order valence-corrected chi connectivity index (χ2v) is 4.54. The van der Waals surface area contributed by atoms with Crippen molar-refractivity contribution in [1.82, 2.24) is 4.98 Å². The van der Waals surface area contributed by atoms with Gasteiger partial charge in [0.2, 0.25) is 5.78 Å². The Labute approximate surface area is 119 Å². The van der Waals surface area contributed by atoms with Crippen LogP contribution >= 0.6 is 0 Å². The van der Waals surface area contributed by atoms with Gasteiger partial charge in [-0.3, -0.25) is 4.79 Å². The van der Waals surface area contributed by atoms with E-state index in [1.165, 1.54) is 12.1 Å². The highest BCUT2D eigenvalue weighted by Gasteiger charge is 2.20. The molecule has 5 heteroatoms. The number of pyridine rings is 1. The second-order valence-electron chi connectivity index (χ2n) is 4.54. The van der Waals surface area contributed by atoms with Crippen LogP contribution in [0.15, 0.2) is 48.5 Å². The Balaban J connectivity index is 2.19. The minimum atomic E-state index is -0.923. The molecular formula is C16H10F2N2O. The van der Waals surface area contributed by atoms with Crippen LogP contribution in [0.4, 0.5) is 14.5 Å². The predicted molar refractivity (Wildman–Crippen MR) is 75.9 cm³/mol. The Kier molecular flexibility index (Phi) is 3.10. The van der Waals surface area contributed by atoms with Crippen molar-refractivity contribution in [3.8, 4) is 0 Å². The molecule has 1 heterocycles. The summed E-state index contributed by atoms with van der Waals surface area (Å²) in [6, 6.07) is 11.6. The summed E-state index contributed by atoms with van der Waals surface area (Å²) in [5.74, 6) is -2.68. The molecule has 0 aliphatic heterocycles. The number of hydrogen-bond acceptors (Lipinski definition) is 3. The van der Waals surface area contributed by atoms with Gasteiger partial charge < -0.3 is 5.73 Å². The van der Waals surface area contributed by atoms with Gasteiger partial charge in [-0.25, -0.2) is 13.8 Å². The van der Waals surface area contributed by atoms with Crippen molar-refractivity contribution < 1.29 is 13.6 Å². The molecule has 2 N–H and O–H groups in total. The van der Waals surface area contributed by atoms with Gasteiger partial charge in [0.15, 0.2) is 0 Å². The summed E-state index contributed by atoms with van der Waals surface area (Å²) in [4.78, 5) is 16.4. The van der Waals surface area contributed by atoms with E-state index in [1.807, 2.05) is 0 Å². The fraction of sp³-hybridized carbons (Fsp3) is 0. The average molecular weight is 284 g/mol. The van der Waals surface area contributed by atoms with Crippen LogP contribution in [0.1, 0.15) is 16.1 Å². The van der Waals surface area contributed by atoms with Crippen LogP contribution in [-0.4, -0.2) is 10.8 Å². The maximum absolute atomic E-state index is 13.7. The third-order valence-electron chi connectivity index (χ3n) is 3.17. The zero-order chi connectivity index (χ0) is 15.0. The monoisotopic (exact) mass is 284 g/mol. The largest absolute Gasteiger partial charge is 0.398 e. The fourth-order valence-corrected chi connectivity index (χ4v) is 2.16. The number of para-hydroxylation sites is 1. The van der Waals surface area contributed by atoms with E-state index in [0.29, 0.717) is 16.6 Å². The van der Waals surface area contributed by atoms with Gasteiger partial charge in [0, 0.05) is 11.1 Å². The van der Waals surface area contributed by atoms with Crippen LogP contribution in [0.2, 0.25) is 0 Å². The summed E-state index contributed by atoms with van der Waals surface area (Å²) >= 11 is 0. The first-order valence-electron chi connectivity index (χ1n) is 6.22. The quantitative estimate of drug-likeness (QED) is 0.734. The van der Waals surface area contributed by atoms with E-state index in [2.05, 4.69) is 4.98 Å². The molecule has 0 fully saturated rings. The van der Waals surface area contributed by atoms with Gasteiger partial charge in [-0.05, 0) is 24.3 Å². The molecule has 0 aliphatic rings. The highest BCUT2D eigenvalue weighted by Crippen LogP contribution is 2.23. The minimum absolute atomic E-state index is 0.0878. The van der Waals surface area contributed by atoms with Crippen LogP contribution in [-0.2, 0) is 0 Å². The number of ketones is 1. The number of hydrogen-bond donors (Lipinski definition) is 1. The van der Waals surface area contributed by atoms with Crippen molar-refractivity contribution in [2.45, 2.75) is 0 Å². The van der Waals surface area contributed by atoms with E-state index in [4.69, 9.17) is 5.73 Å². The normalized spacial score (nSPS) is 10.8. The summed E-state index contributed by atoms with van der Waals surface area (Å²) in [6.07, 6.45) is 0. The highest BCUT2D eigenvalue weighted by molar-refractivity contribution is 6.10. The van der Waals surface area contributed by atoms with E-state index in [0.717, 1.165) is 12.1 Å². The molecule has 3 rings (SSSR count). The van der Waals surface area contributed by atoms with Crippen molar-refractivity contribution in [1.29, 1.82) is 0 Å². The van der Waals surface area contributed by atoms with Crippen LogP contribution in [0.3, 0.4) is 0 Å². The molecule has 0 spiro atoms. The molecule has 2 aromatic carbocycles. The molecule has 1 aromatic heterocycles. The Morgan fingerprint density at radius 3 is 2.38 bits per heavy atom. The van der Waals surface area contributed by atoms with Crippen LogP contribution in [0.25, 0.3) is 10.9 Å². The first kappa shape index (κ1) is 13.2. The van der Waals surface area contributed by atoms with Crippen LogP contribution in [0, 0.1) is 11.6 Å². The first-order chi connectivity index (χ1) is 10.1. The SMILES string of the molecule is Nc1cc(C(=O)c2c(F)cccc2F)nc2ccccc12. The Morgan fingerprint density at radius 2 is 1.67 bits per heavy atom. The van der Waals surface area contributed by atoms with E-state index in [9.17, 15) is 13.6 Å². The molecule has 0 unspecified atom stereocenters. The first-order valence-corrected chi connectivity index (χ1v) is 6.22. The molecule has 3 nitrogen and oxygen atoms in total. The number of nitrogens with zero attached hydrogens (tertiary/aromatic N) is 1. The number of fused-ring (bicyclic) bond motifs is 1. The van der Waals surface area contributed by atoms with Crippen molar-refractivity contribution in [3.63, 3.8) is 0 Å². The van der Waals surface area contributed by atoms with Gasteiger partial charge in [-0.2, -0.15) is 0 Å². The number of benzene rings is 2. The summed E-state index contributed by atoms with van der Waals surface area (Å²) in [5.41, 5.74) is 5.99. The van der Waals surface area contributed by atoms with Gasteiger partial charge in [-0.1, -0.05) is 24.3 Å². The number of nitrogens with two attached hydrogens (primary N) is 1. The number of carbonyl (C=O) groups is 1. The lowest BCUT2D eigenvalue weighted by molar-refractivity contribution is 0.102. The molecule has 0 saturated carbocycles. The number of anilines is 1. The minimum Gasteiger partial charge on any atom is -0.398 e. The second kappa shape index (κ2) is 4.94. The zero-order valence-corrected chi connectivity index (χ0v) is 10.8. The van der Waals surface area contributed by atoms with E-state index in [1.54, 1.807) is 24.3 Å². The van der Waals surface area contributed by atoms with Crippen molar-refractivity contribution in [2.24, 2.45) is 0 Å². The summed E-state index contributed by atoms with van der Waals surface area (Å²) in [6.45, 7) is 0. The van der Waals surface area contributed by atoms with Crippen molar-refractivity contribution in [2.75, 3.05) is 5.73 Å². The Morgan fingerprint density at radius 1 is 1.00 bits per heavy atom. The number of carbonyl (C=O) groups excluding carboxylic acids is 1. The molecular weight excluding hydrogens is 274 g/mol. The molecule has 0 atom stereocenters. The summed E-state index contributed by atoms with van der Waals surface area (Å²) in [7, 11) is 0. The lowest BCUT2D eigenvalue weighted by Crippen LogP contribution is -2.10. The number of halogens is 2. The van der Waals surface area contributed by atoms with E-state index >= 15 is 0 Å². The topological polar surface area (TPSA) is 56.0 Å². The molecule has 0 bridgehead atoms. The smallest absolute Gasteiger partial charge is 0.217 e.